The highest BCUT2D eigenvalue weighted by atomic mass is 35.5. The van der Waals surface area contributed by atoms with Crippen LogP contribution in [0.3, 0.4) is 0 Å². The maximum Gasteiger partial charge on any atom is 0.258 e. The van der Waals surface area contributed by atoms with Crippen LogP contribution in [-0.4, -0.2) is 20.0 Å². The molecule has 1 amide bonds. The zero-order valence-electron chi connectivity index (χ0n) is 11.2. The Morgan fingerprint density at radius 3 is 2.55 bits per heavy atom. The van der Waals surface area contributed by atoms with Crippen LogP contribution in [0.2, 0.25) is 5.02 Å². The molecule has 5 heteroatoms. The van der Waals surface area contributed by atoms with E-state index in [1.165, 1.54) is 12.1 Å². The lowest BCUT2D eigenvalue weighted by Crippen LogP contribution is -2.17. The minimum absolute atomic E-state index is 0.0389. The molecular weight excluding hydrogens is 279 g/mol. The molecule has 0 radical (unpaired) electrons. The van der Waals surface area contributed by atoms with Gasteiger partial charge in [-0.1, -0.05) is 23.7 Å². The molecule has 104 valence electrons. The highest BCUT2D eigenvalue weighted by Gasteiger charge is 2.14. The van der Waals surface area contributed by atoms with Crippen LogP contribution >= 0.6 is 11.6 Å². The lowest BCUT2D eigenvalue weighted by molar-refractivity contribution is 0.102. The predicted molar refractivity (Wildman–Crippen MR) is 80.1 cm³/mol. The molecular formula is C15H14ClFN2O. The molecule has 0 spiro atoms. The molecule has 0 heterocycles. The second-order valence-corrected chi connectivity index (χ2v) is 4.93. The van der Waals surface area contributed by atoms with E-state index in [9.17, 15) is 9.18 Å². The number of benzene rings is 2. The third-order valence-corrected chi connectivity index (χ3v) is 3.04. The summed E-state index contributed by atoms with van der Waals surface area (Å²) in [6.07, 6.45) is 0. The van der Waals surface area contributed by atoms with Crippen LogP contribution in [0.1, 0.15) is 10.4 Å². The predicted octanol–water partition coefficient (Wildman–Crippen LogP) is 3.80. The van der Waals surface area contributed by atoms with Crippen molar-refractivity contribution in [2.24, 2.45) is 0 Å². The second kappa shape index (κ2) is 5.92. The Labute approximate surface area is 122 Å². The van der Waals surface area contributed by atoms with Gasteiger partial charge in [0.05, 0.1) is 16.9 Å². The summed E-state index contributed by atoms with van der Waals surface area (Å²) >= 11 is 5.67. The van der Waals surface area contributed by atoms with E-state index in [4.69, 9.17) is 11.6 Å². The van der Waals surface area contributed by atoms with Crippen molar-refractivity contribution >= 4 is 28.9 Å². The standard InChI is InChI=1S/C15H14ClFN2O/c1-19(2)14-6-4-3-5-13(14)18-15(20)11-8-7-10(16)9-12(11)17/h3-9H,1-2H3,(H,18,20). The maximum atomic E-state index is 13.7. The molecule has 0 aliphatic heterocycles. The highest BCUT2D eigenvalue weighted by molar-refractivity contribution is 6.30. The molecule has 0 aromatic heterocycles. The van der Waals surface area contributed by atoms with Crippen molar-refractivity contribution in [3.05, 3.63) is 58.9 Å². The fraction of sp³-hybridized carbons (Fsp3) is 0.133. The summed E-state index contributed by atoms with van der Waals surface area (Å²) in [5, 5.41) is 2.96. The SMILES string of the molecule is CN(C)c1ccccc1NC(=O)c1ccc(Cl)cc1F. The lowest BCUT2D eigenvalue weighted by atomic mass is 10.2. The number of carbonyl (C=O) groups is 1. The highest BCUT2D eigenvalue weighted by Crippen LogP contribution is 2.24. The van der Waals surface area contributed by atoms with Crippen molar-refractivity contribution in [1.82, 2.24) is 0 Å². The molecule has 0 atom stereocenters. The van der Waals surface area contributed by atoms with Crippen LogP contribution in [0.4, 0.5) is 15.8 Å². The van der Waals surface area contributed by atoms with Crippen LogP contribution in [0.5, 0.6) is 0 Å². The number of hydrogen-bond acceptors (Lipinski definition) is 2. The number of halogens is 2. The quantitative estimate of drug-likeness (QED) is 0.933. The third kappa shape index (κ3) is 3.08. The summed E-state index contributed by atoms with van der Waals surface area (Å²) in [7, 11) is 3.74. The minimum Gasteiger partial charge on any atom is -0.376 e. The van der Waals surface area contributed by atoms with Crippen LogP contribution in [0.25, 0.3) is 0 Å². The molecule has 1 N–H and O–H groups in total. The number of nitrogens with zero attached hydrogens (tertiary/aromatic N) is 1. The van der Waals surface area contributed by atoms with Crippen LogP contribution in [0, 0.1) is 5.82 Å². The minimum atomic E-state index is -0.641. The number of carbonyl (C=O) groups excluding carboxylic acids is 1. The van der Waals surface area contributed by atoms with Gasteiger partial charge in [0.2, 0.25) is 0 Å². The summed E-state index contributed by atoms with van der Waals surface area (Å²) in [5.74, 6) is -1.15. The lowest BCUT2D eigenvalue weighted by Gasteiger charge is -2.17. The molecule has 0 bridgehead atoms. The normalized spacial score (nSPS) is 10.2. The molecule has 2 rings (SSSR count). The van der Waals surface area contributed by atoms with Gasteiger partial charge >= 0.3 is 0 Å². The first-order valence-corrected chi connectivity index (χ1v) is 6.39. The van der Waals surface area contributed by atoms with E-state index in [1.54, 1.807) is 12.1 Å². The van der Waals surface area contributed by atoms with Gasteiger partial charge in [0.1, 0.15) is 5.82 Å². The third-order valence-electron chi connectivity index (χ3n) is 2.81. The molecule has 0 aliphatic carbocycles. The maximum absolute atomic E-state index is 13.7. The van der Waals surface area contributed by atoms with E-state index in [1.807, 2.05) is 31.1 Å². The fourth-order valence-electron chi connectivity index (χ4n) is 1.83. The smallest absolute Gasteiger partial charge is 0.258 e. The Balaban J connectivity index is 2.28. The van der Waals surface area contributed by atoms with Gasteiger partial charge in [0.15, 0.2) is 0 Å². The second-order valence-electron chi connectivity index (χ2n) is 4.49. The van der Waals surface area contributed by atoms with Gasteiger partial charge in [-0.05, 0) is 30.3 Å². The van der Waals surface area contributed by atoms with Gasteiger partial charge in [-0.15, -0.1) is 0 Å². The van der Waals surface area contributed by atoms with Crippen molar-refractivity contribution in [2.75, 3.05) is 24.3 Å². The molecule has 2 aromatic rings. The monoisotopic (exact) mass is 292 g/mol. The molecule has 0 unspecified atom stereocenters. The molecule has 0 saturated heterocycles. The van der Waals surface area contributed by atoms with Crippen LogP contribution in [0.15, 0.2) is 42.5 Å². The van der Waals surface area contributed by atoms with E-state index in [-0.39, 0.29) is 10.6 Å². The Hall–Kier alpha value is -2.07. The zero-order valence-corrected chi connectivity index (χ0v) is 11.9. The van der Waals surface area contributed by atoms with E-state index in [0.29, 0.717) is 5.69 Å². The molecule has 2 aromatic carbocycles. The largest absolute Gasteiger partial charge is 0.376 e. The van der Waals surface area contributed by atoms with E-state index in [2.05, 4.69) is 5.32 Å². The summed E-state index contributed by atoms with van der Waals surface area (Å²) in [5.41, 5.74) is 1.43. The Kier molecular flexibility index (Phi) is 4.25. The first-order valence-electron chi connectivity index (χ1n) is 6.02. The van der Waals surface area contributed by atoms with Crippen LogP contribution < -0.4 is 10.2 Å². The van der Waals surface area contributed by atoms with Crippen molar-refractivity contribution in [3.63, 3.8) is 0 Å². The van der Waals surface area contributed by atoms with Crippen molar-refractivity contribution < 1.29 is 9.18 Å². The van der Waals surface area contributed by atoms with Gasteiger partial charge in [-0.3, -0.25) is 4.79 Å². The number of amides is 1. The average molecular weight is 293 g/mol. The topological polar surface area (TPSA) is 32.3 Å². The number of hydrogen-bond donors (Lipinski definition) is 1. The van der Waals surface area contributed by atoms with Crippen molar-refractivity contribution in [2.45, 2.75) is 0 Å². The number of rotatable bonds is 3. The summed E-state index contributed by atoms with van der Waals surface area (Å²) < 4.78 is 13.7. The van der Waals surface area contributed by atoms with Gasteiger partial charge in [0.25, 0.3) is 5.91 Å². The summed E-state index contributed by atoms with van der Waals surface area (Å²) in [6, 6.07) is 11.3. The molecule has 20 heavy (non-hydrogen) atoms. The number of nitrogens with one attached hydrogen (secondary N) is 1. The average Bonchev–Trinajstić information content (AvgIpc) is 2.38. The van der Waals surface area contributed by atoms with Gasteiger partial charge in [0, 0.05) is 19.1 Å². The van der Waals surface area contributed by atoms with Crippen molar-refractivity contribution in [3.8, 4) is 0 Å². The Morgan fingerprint density at radius 2 is 1.90 bits per heavy atom. The molecule has 3 nitrogen and oxygen atoms in total. The zero-order chi connectivity index (χ0) is 14.7. The van der Waals surface area contributed by atoms with Gasteiger partial charge in [-0.25, -0.2) is 4.39 Å². The molecule has 0 aliphatic rings. The van der Waals surface area contributed by atoms with Gasteiger partial charge < -0.3 is 10.2 Å². The fourth-order valence-corrected chi connectivity index (χ4v) is 1.99. The van der Waals surface area contributed by atoms with E-state index < -0.39 is 11.7 Å². The Morgan fingerprint density at radius 1 is 1.20 bits per heavy atom. The number of anilines is 2. The van der Waals surface area contributed by atoms with Gasteiger partial charge in [-0.2, -0.15) is 0 Å². The first kappa shape index (κ1) is 14.3. The van der Waals surface area contributed by atoms with Crippen molar-refractivity contribution in [1.29, 1.82) is 0 Å². The van der Waals surface area contributed by atoms with E-state index >= 15 is 0 Å². The van der Waals surface area contributed by atoms with Crippen LogP contribution in [-0.2, 0) is 0 Å². The summed E-state index contributed by atoms with van der Waals surface area (Å²) in [6.45, 7) is 0. The molecule has 0 fully saturated rings. The number of para-hydroxylation sites is 2. The Bertz CT molecular complexity index is 644. The summed E-state index contributed by atoms with van der Waals surface area (Å²) in [4.78, 5) is 14.0. The molecule has 0 saturated carbocycles. The first-order chi connectivity index (χ1) is 9.49. The van der Waals surface area contributed by atoms with E-state index in [0.717, 1.165) is 11.8 Å².